The Morgan fingerprint density at radius 2 is 1.80 bits per heavy atom. The van der Waals surface area contributed by atoms with E-state index in [4.69, 9.17) is 0 Å². The first-order valence-corrected chi connectivity index (χ1v) is 7.98. The molecule has 1 N–H and O–H groups in total. The van der Waals surface area contributed by atoms with E-state index < -0.39 is 0 Å². The van der Waals surface area contributed by atoms with Crippen molar-refractivity contribution in [2.75, 3.05) is 0 Å². The summed E-state index contributed by atoms with van der Waals surface area (Å²) in [6.07, 6.45) is 5.65. The van der Waals surface area contributed by atoms with E-state index in [9.17, 15) is 0 Å². The highest BCUT2D eigenvalue weighted by Crippen LogP contribution is 2.31. The van der Waals surface area contributed by atoms with Crippen LogP contribution in [-0.2, 0) is 0 Å². The van der Waals surface area contributed by atoms with Gasteiger partial charge in [0.15, 0.2) is 0 Å². The highest BCUT2D eigenvalue weighted by atomic mass is 14.9. The van der Waals surface area contributed by atoms with Gasteiger partial charge in [0.2, 0.25) is 0 Å². The summed E-state index contributed by atoms with van der Waals surface area (Å²) in [5.74, 6) is 0.970. The molecule has 1 fully saturated rings. The summed E-state index contributed by atoms with van der Waals surface area (Å²) in [6, 6.07) is 16.3. The lowest BCUT2D eigenvalue weighted by Crippen LogP contribution is -2.32. The number of hydrogen-bond acceptors (Lipinski definition) is 1. The Kier molecular flexibility index (Phi) is 4.07. The normalized spacial score (nSPS) is 18.7. The van der Waals surface area contributed by atoms with Gasteiger partial charge in [0.25, 0.3) is 0 Å². The quantitative estimate of drug-likeness (QED) is 0.797. The molecular formula is C19H25N. The molecule has 1 saturated carbocycles. The van der Waals surface area contributed by atoms with Crippen LogP contribution in [0.1, 0.15) is 51.1 Å². The average Bonchev–Trinajstić information content (AvgIpc) is 2.42. The van der Waals surface area contributed by atoms with Gasteiger partial charge in [0.1, 0.15) is 0 Å². The zero-order valence-electron chi connectivity index (χ0n) is 12.6. The minimum Gasteiger partial charge on any atom is -0.308 e. The van der Waals surface area contributed by atoms with Crippen LogP contribution < -0.4 is 5.32 Å². The van der Waals surface area contributed by atoms with Crippen LogP contribution in [0.3, 0.4) is 0 Å². The fourth-order valence-corrected chi connectivity index (χ4v) is 3.44. The van der Waals surface area contributed by atoms with E-state index in [0.29, 0.717) is 12.1 Å². The molecule has 20 heavy (non-hydrogen) atoms. The lowest BCUT2D eigenvalue weighted by Gasteiger charge is -2.30. The minimum absolute atomic E-state index is 0.413. The highest BCUT2D eigenvalue weighted by Gasteiger charge is 2.21. The largest absolute Gasteiger partial charge is 0.308 e. The minimum atomic E-state index is 0.413. The van der Waals surface area contributed by atoms with Gasteiger partial charge in [-0.25, -0.2) is 0 Å². The fraction of sp³-hybridized carbons (Fsp3) is 0.474. The van der Waals surface area contributed by atoms with Crippen molar-refractivity contribution < 1.29 is 0 Å². The van der Waals surface area contributed by atoms with Crippen molar-refractivity contribution in [3.63, 3.8) is 0 Å². The molecule has 1 heteroatoms. The maximum absolute atomic E-state index is 3.79. The summed E-state index contributed by atoms with van der Waals surface area (Å²) in [4.78, 5) is 0. The zero-order valence-corrected chi connectivity index (χ0v) is 12.6. The van der Waals surface area contributed by atoms with Gasteiger partial charge in [-0.2, -0.15) is 0 Å². The maximum Gasteiger partial charge on any atom is 0.0300 e. The first-order chi connectivity index (χ1) is 9.74. The van der Waals surface area contributed by atoms with Crippen LogP contribution in [0.2, 0.25) is 0 Å². The van der Waals surface area contributed by atoms with Gasteiger partial charge < -0.3 is 5.32 Å². The van der Waals surface area contributed by atoms with E-state index in [0.717, 1.165) is 5.92 Å². The third-order valence-corrected chi connectivity index (χ3v) is 4.74. The van der Waals surface area contributed by atoms with Crippen LogP contribution in [0.15, 0.2) is 42.5 Å². The second-order valence-electron chi connectivity index (χ2n) is 6.39. The van der Waals surface area contributed by atoms with Crippen molar-refractivity contribution in [2.24, 2.45) is 5.92 Å². The Labute approximate surface area is 122 Å². The molecule has 1 nitrogen and oxygen atoms in total. The van der Waals surface area contributed by atoms with E-state index >= 15 is 0 Å². The molecule has 0 amide bonds. The van der Waals surface area contributed by atoms with E-state index in [-0.39, 0.29) is 0 Å². The van der Waals surface area contributed by atoms with Crippen molar-refractivity contribution >= 4 is 10.8 Å². The summed E-state index contributed by atoms with van der Waals surface area (Å²) < 4.78 is 0. The summed E-state index contributed by atoms with van der Waals surface area (Å²) in [5, 5.41) is 6.51. The molecule has 3 rings (SSSR count). The number of rotatable bonds is 5. The van der Waals surface area contributed by atoms with Gasteiger partial charge in [0.05, 0.1) is 0 Å². The molecule has 0 aromatic heterocycles. The van der Waals surface area contributed by atoms with Crippen LogP contribution >= 0.6 is 0 Å². The molecule has 106 valence electrons. The Morgan fingerprint density at radius 3 is 2.55 bits per heavy atom. The van der Waals surface area contributed by atoms with E-state index in [1.807, 2.05) is 0 Å². The average molecular weight is 267 g/mol. The third kappa shape index (κ3) is 2.88. The molecular weight excluding hydrogens is 242 g/mol. The third-order valence-electron chi connectivity index (χ3n) is 4.74. The molecule has 0 aliphatic heterocycles. The molecule has 2 aromatic carbocycles. The van der Waals surface area contributed by atoms with Crippen LogP contribution in [-0.4, -0.2) is 6.04 Å². The van der Waals surface area contributed by atoms with Gasteiger partial charge in [-0.1, -0.05) is 61.7 Å². The standard InChI is InChI=1S/C19H25N/c1-14(13-16-7-5-8-16)20-15(2)18-12-6-10-17-9-3-4-11-19(17)18/h3-4,6,9-12,14-16,20H,5,7-8,13H2,1-2H3. The summed E-state index contributed by atoms with van der Waals surface area (Å²) in [5.41, 5.74) is 1.42. The van der Waals surface area contributed by atoms with Gasteiger partial charge >= 0.3 is 0 Å². The predicted molar refractivity (Wildman–Crippen MR) is 86.9 cm³/mol. The molecule has 1 aliphatic rings. The van der Waals surface area contributed by atoms with Gasteiger partial charge in [-0.15, -0.1) is 0 Å². The monoisotopic (exact) mass is 267 g/mol. The number of fused-ring (bicyclic) bond motifs is 1. The first-order valence-electron chi connectivity index (χ1n) is 7.98. The number of benzene rings is 2. The Hall–Kier alpha value is -1.34. The predicted octanol–water partition coefficient (Wildman–Crippen LogP) is 5.07. The topological polar surface area (TPSA) is 12.0 Å². The van der Waals surface area contributed by atoms with Gasteiger partial charge in [-0.05, 0) is 42.5 Å². The number of nitrogens with one attached hydrogen (secondary N) is 1. The van der Waals surface area contributed by atoms with E-state index in [1.165, 1.54) is 42.0 Å². The molecule has 0 spiro atoms. The van der Waals surface area contributed by atoms with Gasteiger partial charge in [-0.3, -0.25) is 0 Å². The van der Waals surface area contributed by atoms with Gasteiger partial charge in [0, 0.05) is 12.1 Å². The summed E-state index contributed by atoms with van der Waals surface area (Å²) in [7, 11) is 0. The molecule has 2 atom stereocenters. The van der Waals surface area contributed by atoms with Crippen LogP contribution in [0.25, 0.3) is 10.8 Å². The Morgan fingerprint density at radius 1 is 1.05 bits per heavy atom. The zero-order chi connectivity index (χ0) is 13.9. The van der Waals surface area contributed by atoms with E-state index in [2.05, 4.69) is 61.6 Å². The molecule has 0 saturated heterocycles. The first kappa shape index (κ1) is 13.6. The van der Waals surface area contributed by atoms with Crippen LogP contribution in [0.4, 0.5) is 0 Å². The van der Waals surface area contributed by atoms with Crippen LogP contribution in [0.5, 0.6) is 0 Å². The van der Waals surface area contributed by atoms with Crippen molar-refractivity contribution in [3.05, 3.63) is 48.0 Å². The molecule has 2 unspecified atom stereocenters. The molecule has 0 radical (unpaired) electrons. The lowest BCUT2D eigenvalue weighted by atomic mass is 9.81. The van der Waals surface area contributed by atoms with Crippen molar-refractivity contribution in [1.82, 2.24) is 5.32 Å². The fourth-order valence-electron chi connectivity index (χ4n) is 3.44. The van der Waals surface area contributed by atoms with Crippen molar-refractivity contribution in [3.8, 4) is 0 Å². The smallest absolute Gasteiger partial charge is 0.0300 e. The second-order valence-corrected chi connectivity index (χ2v) is 6.39. The molecule has 1 aliphatic carbocycles. The summed E-state index contributed by atoms with van der Waals surface area (Å²) in [6.45, 7) is 4.62. The molecule has 2 aromatic rings. The van der Waals surface area contributed by atoms with Crippen molar-refractivity contribution in [2.45, 2.75) is 51.6 Å². The molecule has 0 bridgehead atoms. The second kappa shape index (κ2) is 5.97. The SMILES string of the molecule is CC(CC1CCC1)NC(C)c1cccc2ccccc12. The Balaban J connectivity index is 1.72. The highest BCUT2D eigenvalue weighted by molar-refractivity contribution is 5.86. The lowest BCUT2D eigenvalue weighted by molar-refractivity contribution is 0.260. The van der Waals surface area contributed by atoms with Crippen molar-refractivity contribution in [1.29, 1.82) is 0 Å². The molecule has 0 heterocycles. The summed E-state index contributed by atoms with van der Waals surface area (Å²) >= 11 is 0. The Bertz CT molecular complexity index is 565. The van der Waals surface area contributed by atoms with Crippen LogP contribution in [0, 0.1) is 5.92 Å². The number of hydrogen-bond donors (Lipinski definition) is 1. The maximum atomic E-state index is 3.79. The van der Waals surface area contributed by atoms with E-state index in [1.54, 1.807) is 0 Å².